The molecular weight excluding hydrogens is 380 g/mol. The number of Topliss-reactive ketones (excluding diaryl/α,β-unsaturated/α-hetero) is 1. The van der Waals surface area contributed by atoms with Crippen LogP contribution in [-0.2, 0) is 23.9 Å². The minimum Gasteiger partial charge on any atom is -0.458 e. The van der Waals surface area contributed by atoms with Gasteiger partial charge in [-0.05, 0) is 60.7 Å². The molecule has 0 saturated heterocycles. The highest BCUT2D eigenvalue weighted by Gasteiger charge is 2.66. The van der Waals surface area contributed by atoms with Gasteiger partial charge in [0.1, 0.15) is 18.0 Å². The molecule has 4 aliphatic carbocycles. The van der Waals surface area contributed by atoms with Gasteiger partial charge in [-0.15, -0.1) is 0 Å². The Morgan fingerprint density at radius 2 is 1.53 bits per heavy atom. The van der Waals surface area contributed by atoms with Crippen molar-refractivity contribution in [2.75, 3.05) is 0 Å². The Morgan fingerprint density at radius 3 is 2.17 bits per heavy atom. The monoisotopic (exact) mass is 418 g/mol. The number of fused-ring (bicyclic) bond motifs is 5. The van der Waals surface area contributed by atoms with Gasteiger partial charge >= 0.3 is 11.9 Å². The molecule has 5 nitrogen and oxygen atoms in total. The Kier molecular flexibility index (Phi) is 5.55. The van der Waals surface area contributed by atoms with Crippen LogP contribution in [0.2, 0.25) is 0 Å². The first-order valence-corrected chi connectivity index (χ1v) is 12.0. The number of esters is 2. The summed E-state index contributed by atoms with van der Waals surface area (Å²) >= 11 is 0. The Bertz CT molecular complexity index is 731. The predicted octanol–water partition coefficient (Wildman–Crippen LogP) is 4.71. The van der Waals surface area contributed by atoms with Crippen LogP contribution in [0.4, 0.5) is 0 Å². The van der Waals surface area contributed by atoms with Crippen LogP contribution >= 0.6 is 0 Å². The second kappa shape index (κ2) is 7.63. The van der Waals surface area contributed by atoms with Gasteiger partial charge in [-0.2, -0.15) is 0 Å². The third-order valence-corrected chi connectivity index (χ3v) is 9.81. The number of ketones is 1. The number of rotatable bonds is 3. The molecule has 4 fully saturated rings. The van der Waals surface area contributed by atoms with Crippen LogP contribution in [-0.4, -0.2) is 29.9 Å². The maximum Gasteiger partial charge on any atom is 0.303 e. The zero-order valence-corrected chi connectivity index (χ0v) is 19.2. The lowest BCUT2D eigenvalue weighted by Crippen LogP contribution is -2.65. The lowest BCUT2D eigenvalue weighted by atomic mass is 9.43. The van der Waals surface area contributed by atoms with E-state index in [-0.39, 0.29) is 40.4 Å². The van der Waals surface area contributed by atoms with Crippen LogP contribution in [0, 0.1) is 40.4 Å². The summed E-state index contributed by atoms with van der Waals surface area (Å²) < 4.78 is 11.9. The molecule has 5 heteroatoms. The number of carbonyl (C=O) groups is 3. The van der Waals surface area contributed by atoms with Crippen molar-refractivity contribution in [2.45, 2.75) is 98.2 Å². The average Bonchev–Trinajstić information content (AvgIpc) is 3.01. The number of carbonyl (C=O) groups excluding carboxylic acids is 3. The van der Waals surface area contributed by atoms with Gasteiger partial charge in [0.25, 0.3) is 0 Å². The minimum atomic E-state index is -0.523. The zero-order chi connectivity index (χ0) is 21.8. The fourth-order valence-electron chi connectivity index (χ4n) is 8.45. The van der Waals surface area contributed by atoms with Gasteiger partial charge in [-0.25, -0.2) is 0 Å². The van der Waals surface area contributed by atoms with Gasteiger partial charge in [0.15, 0.2) is 0 Å². The zero-order valence-electron chi connectivity index (χ0n) is 19.2. The standard InChI is InChI=1S/C25H38O5/c1-6-16-7-8-18-21-19(10-12-24(16,18)4)25(5)11-9-17(28)13-20(25)22(29-14(2)26)23(21)30-15(3)27/h16,18-23H,6-13H2,1-5H3. The van der Waals surface area contributed by atoms with Crippen LogP contribution in [0.5, 0.6) is 0 Å². The molecule has 0 aromatic rings. The van der Waals surface area contributed by atoms with Crippen molar-refractivity contribution in [1.29, 1.82) is 0 Å². The minimum absolute atomic E-state index is 0.0546. The van der Waals surface area contributed by atoms with Crippen molar-refractivity contribution >= 4 is 17.7 Å². The van der Waals surface area contributed by atoms with Gasteiger partial charge < -0.3 is 9.47 Å². The first-order valence-electron chi connectivity index (χ1n) is 12.0. The Balaban J connectivity index is 1.81. The van der Waals surface area contributed by atoms with Crippen molar-refractivity contribution < 1.29 is 23.9 Å². The predicted molar refractivity (Wildman–Crippen MR) is 112 cm³/mol. The van der Waals surface area contributed by atoms with Crippen LogP contribution in [0.15, 0.2) is 0 Å². The number of hydrogen-bond acceptors (Lipinski definition) is 5. The summed E-state index contributed by atoms with van der Waals surface area (Å²) in [6.07, 6.45) is 6.80. The van der Waals surface area contributed by atoms with E-state index in [2.05, 4.69) is 20.8 Å². The highest BCUT2D eigenvalue weighted by atomic mass is 16.6. The van der Waals surface area contributed by atoms with Gasteiger partial charge in [-0.1, -0.05) is 27.2 Å². The molecule has 30 heavy (non-hydrogen) atoms. The van der Waals surface area contributed by atoms with Crippen LogP contribution in [0.3, 0.4) is 0 Å². The molecule has 0 radical (unpaired) electrons. The summed E-state index contributed by atoms with van der Waals surface area (Å²) in [5.74, 6) is 1.27. The first-order chi connectivity index (χ1) is 14.1. The summed E-state index contributed by atoms with van der Waals surface area (Å²) in [5, 5.41) is 0. The highest BCUT2D eigenvalue weighted by molar-refractivity contribution is 5.80. The van der Waals surface area contributed by atoms with E-state index >= 15 is 0 Å². The van der Waals surface area contributed by atoms with E-state index in [0.29, 0.717) is 30.6 Å². The van der Waals surface area contributed by atoms with E-state index in [1.54, 1.807) is 0 Å². The molecular formula is C25H38O5. The Hall–Kier alpha value is -1.39. The molecule has 168 valence electrons. The maximum absolute atomic E-state index is 12.4. The van der Waals surface area contributed by atoms with E-state index < -0.39 is 12.2 Å². The quantitative estimate of drug-likeness (QED) is 0.621. The molecule has 0 heterocycles. The number of ether oxygens (including phenoxy) is 2. The first kappa shape index (κ1) is 21.8. The average molecular weight is 419 g/mol. The SMILES string of the molecule is CCC1CCC2C3C(OC(C)=O)C(OC(C)=O)C4CC(=O)CCC4(C)C3CCC12C. The maximum atomic E-state index is 12.4. The van der Waals surface area contributed by atoms with Crippen LogP contribution in [0.25, 0.3) is 0 Å². The molecule has 0 aromatic heterocycles. The second-order valence-corrected chi connectivity index (χ2v) is 11.0. The van der Waals surface area contributed by atoms with E-state index in [0.717, 1.165) is 19.3 Å². The molecule has 9 unspecified atom stereocenters. The lowest BCUT2D eigenvalue weighted by molar-refractivity contribution is -0.233. The van der Waals surface area contributed by atoms with Crippen LogP contribution in [0.1, 0.15) is 86.0 Å². The largest absolute Gasteiger partial charge is 0.458 e. The molecule has 0 bridgehead atoms. The van der Waals surface area contributed by atoms with Crippen molar-refractivity contribution in [2.24, 2.45) is 40.4 Å². The van der Waals surface area contributed by atoms with E-state index in [1.165, 1.54) is 33.1 Å². The van der Waals surface area contributed by atoms with Gasteiger partial charge in [0, 0.05) is 38.5 Å². The molecule has 4 saturated carbocycles. The fourth-order valence-corrected chi connectivity index (χ4v) is 8.45. The van der Waals surface area contributed by atoms with E-state index in [4.69, 9.17) is 9.47 Å². The third kappa shape index (κ3) is 3.22. The van der Waals surface area contributed by atoms with Crippen molar-refractivity contribution in [3.8, 4) is 0 Å². The van der Waals surface area contributed by atoms with Gasteiger partial charge in [0.05, 0.1) is 0 Å². The smallest absolute Gasteiger partial charge is 0.303 e. The molecule has 4 rings (SSSR count). The summed E-state index contributed by atoms with van der Waals surface area (Å²) in [4.78, 5) is 36.7. The normalized spacial score (nSPS) is 47.6. The molecule has 4 aliphatic rings. The Labute approximate surface area is 180 Å². The summed E-state index contributed by atoms with van der Waals surface area (Å²) in [7, 11) is 0. The fraction of sp³-hybridized carbons (Fsp3) is 0.880. The lowest BCUT2D eigenvalue weighted by Gasteiger charge is -2.63. The molecule has 0 aliphatic heterocycles. The summed E-state index contributed by atoms with van der Waals surface area (Å²) in [6, 6.07) is 0. The van der Waals surface area contributed by atoms with Crippen molar-refractivity contribution in [1.82, 2.24) is 0 Å². The summed E-state index contributed by atoms with van der Waals surface area (Å²) in [5.41, 5.74) is 0.198. The summed E-state index contributed by atoms with van der Waals surface area (Å²) in [6.45, 7) is 9.93. The van der Waals surface area contributed by atoms with Crippen molar-refractivity contribution in [3.05, 3.63) is 0 Å². The van der Waals surface area contributed by atoms with Crippen molar-refractivity contribution in [3.63, 3.8) is 0 Å². The molecule has 0 N–H and O–H groups in total. The highest BCUT2D eigenvalue weighted by Crippen LogP contribution is 2.68. The third-order valence-electron chi connectivity index (χ3n) is 9.81. The van der Waals surface area contributed by atoms with Crippen LogP contribution < -0.4 is 0 Å². The molecule has 0 spiro atoms. The Morgan fingerprint density at radius 1 is 0.900 bits per heavy atom. The van der Waals surface area contributed by atoms with Gasteiger partial charge in [0.2, 0.25) is 0 Å². The second-order valence-electron chi connectivity index (χ2n) is 11.0. The molecule has 9 atom stereocenters. The van der Waals surface area contributed by atoms with E-state index in [9.17, 15) is 14.4 Å². The molecule has 0 aromatic carbocycles. The molecule has 0 amide bonds. The van der Waals surface area contributed by atoms with E-state index in [1.807, 2.05) is 0 Å². The van der Waals surface area contributed by atoms with Gasteiger partial charge in [-0.3, -0.25) is 14.4 Å². The number of hydrogen-bond donors (Lipinski definition) is 0. The topological polar surface area (TPSA) is 69.7 Å².